The van der Waals surface area contributed by atoms with Gasteiger partial charge < -0.3 is 5.32 Å². The van der Waals surface area contributed by atoms with E-state index in [0.29, 0.717) is 5.69 Å². The molecule has 1 N–H and O–H groups in total. The Hall–Kier alpha value is -1.85. The SMILES string of the molecule is CC(C)(C)c1ccccc1NC(=O)c1ccc(Cl)c(S(C)(=O)=O)c1. The minimum Gasteiger partial charge on any atom is -0.322 e. The Bertz CT molecular complexity index is 883. The van der Waals surface area contributed by atoms with Gasteiger partial charge in [-0.05, 0) is 35.2 Å². The van der Waals surface area contributed by atoms with Gasteiger partial charge in [-0.3, -0.25) is 4.79 Å². The zero-order chi connectivity index (χ0) is 18.1. The molecule has 0 aromatic heterocycles. The van der Waals surface area contributed by atoms with E-state index in [9.17, 15) is 13.2 Å². The molecule has 0 aliphatic heterocycles. The first-order chi connectivity index (χ1) is 11.0. The van der Waals surface area contributed by atoms with E-state index in [2.05, 4.69) is 26.1 Å². The number of anilines is 1. The first-order valence-corrected chi connectivity index (χ1v) is 9.67. The van der Waals surface area contributed by atoms with Crippen molar-refractivity contribution >= 4 is 33.0 Å². The third kappa shape index (κ3) is 4.16. The van der Waals surface area contributed by atoms with Crippen molar-refractivity contribution in [2.45, 2.75) is 31.1 Å². The van der Waals surface area contributed by atoms with Crippen LogP contribution in [0.2, 0.25) is 5.02 Å². The lowest BCUT2D eigenvalue weighted by Gasteiger charge is -2.23. The van der Waals surface area contributed by atoms with Crippen molar-refractivity contribution in [3.05, 3.63) is 58.6 Å². The molecular weight excluding hydrogens is 346 g/mol. The monoisotopic (exact) mass is 365 g/mol. The average Bonchev–Trinajstić information content (AvgIpc) is 2.45. The van der Waals surface area contributed by atoms with Crippen LogP contribution in [0.15, 0.2) is 47.4 Å². The molecule has 4 nitrogen and oxygen atoms in total. The van der Waals surface area contributed by atoms with Crippen molar-refractivity contribution in [2.24, 2.45) is 0 Å². The second-order valence-electron chi connectivity index (χ2n) is 6.67. The van der Waals surface area contributed by atoms with Crippen LogP contribution in [0, 0.1) is 0 Å². The van der Waals surface area contributed by atoms with Crippen LogP contribution in [-0.4, -0.2) is 20.6 Å². The van der Waals surface area contributed by atoms with Crippen molar-refractivity contribution < 1.29 is 13.2 Å². The minimum atomic E-state index is -3.51. The number of hydrogen-bond donors (Lipinski definition) is 1. The summed E-state index contributed by atoms with van der Waals surface area (Å²) in [7, 11) is -3.51. The normalized spacial score (nSPS) is 12.0. The summed E-state index contributed by atoms with van der Waals surface area (Å²) >= 11 is 5.92. The molecular formula is C18H20ClNO3S. The summed E-state index contributed by atoms with van der Waals surface area (Å²) in [4.78, 5) is 12.5. The van der Waals surface area contributed by atoms with E-state index >= 15 is 0 Å². The second-order valence-corrected chi connectivity index (χ2v) is 9.06. The molecule has 2 aromatic carbocycles. The number of carbonyl (C=O) groups is 1. The maximum atomic E-state index is 12.5. The van der Waals surface area contributed by atoms with Crippen molar-refractivity contribution in [1.82, 2.24) is 0 Å². The van der Waals surface area contributed by atoms with Gasteiger partial charge in [0.2, 0.25) is 0 Å². The number of benzene rings is 2. The summed E-state index contributed by atoms with van der Waals surface area (Å²) in [5.74, 6) is -0.381. The molecule has 1 amide bonds. The zero-order valence-electron chi connectivity index (χ0n) is 14.1. The molecule has 0 saturated heterocycles. The Kier molecular flexibility index (Phi) is 5.06. The van der Waals surface area contributed by atoms with E-state index in [1.54, 1.807) is 0 Å². The summed E-state index contributed by atoms with van der Waals surface area (Å²) in [6.07, 6.45) is 1.06. The van der Waals surface area contributed by atoms with E-state index in [-0.39, 0.29) is 26.8 Å². The van der Waals surface area contributed by atoms with Crippen LogP contribution in [-0.2, 0) is 15.3 Å². The molecule has 2 aromatic rings. The standard InChI is InChI=1S/C18H20ClNO3S/c1-18(2,3)13-7-5-6-8-15(13)20-17(21)12-9-10-14(19)16(11-12)24(4,22)23/h5-11H,1-4H3,(H,20,21). The van der Waals surface area contributed by atoms with Gasteiger partial charge in [-0.15, -0.1) is 0 Å². The molecule has 0 saturated carbocycles. The summed E-state index contributed by atoms with van der Waals surface area (Å²) in [5.41, 5.74) is 1.80. The third-order valence-corrected chi connectivity index (χ3v) is 5.15. The van der Waals surface area contributed by atoms with E-state index in [4.69, 9.17) is 11.6 Å². The summed E-state index contributed by atoms with van der Waals surface area (Å²) < 4.78 is 23.5. The summed E-state index contributed by atoms with van der Waals surface area (Å²) in [5, 5.41) is 2.96. The number of hydrogen-bond acceptors (Lipinski definition) is 3. The van der Waals surface area contributed by atoms with Crippen LogP contribution in [0.4, 0.5) is 5.69 Å². The first-order valence-electron chi connectivity index (χ1n) is 7.40. The third-order valence-electron chi connectivity index (χ3n) is 3.58. The maximum absolute atomic E-state index is 12.5. The van der Waals surface area contributed by atoms with Gasteiger partial charge in [0, 0.05) is 17.5 Å². The van der Waals surface area contributed by atoms with Gasteiger partial charge in [0.25, 0.3) is 5.91 Å². The fraction of sp³-hybridized carbons (Fsp3) is 0.278. The predicted octanol–water partition coefficient (Wildman–Crippen LogP) is 4.29. The number of amides is 1. The van der Waals surface area contributed by atoms with Gasteiger partial charge in [-0.25, -0.2) is 8.42 Å². The lowest BCUT2D eigenvalue weighted by Crippen LogP contribution is -2.19. The lowest BCUT2D eigenvalue weighted by molar-refractivity contribution is 0.102. The van der Waals surface area contributed by atoms with Gasteiger partial charge in [0.05, 0.1) is 9.92 Å². The molecule has 0 heterocycles. The van der Waals surface area contributed by atoms with Crippen LogP contribution in [0.1, 0.15) is 36.7 Å². The van der Waals surface area contributed by atoms with Gasteiger partial charge in [0.1, 0.15) is 0 Å². The topological polar surface area (TPSA) is 63.2 Å². The molecule has 0 aliphatic rings. The van der Waals surface area contributed by atoms with Gasteiger partial charge in [0.15, 0.2) is 9.84 Å². The van der Waals surface area contributed by atoms with E-state index in [0.717, 1.165) is 11.8 Å². The number of carbonyl (C=O) groups excluding carboxylic acids is 1. The number of sulfone groups is 1. The van der Waals surface area contributed by atoms with Gasteiger partial charge in [-0.2, -0.15) is 0 Å². The highest BCUT2D eigenvalue weighted by Gasteiger charge is 2.20. The van der Waals surface area contributed by atoms with Crippen LogP contribution in [0.3, 0.4) is 0 Å². The fourth-order valence-corrected chi connectivity index (χ4v) is 3.67. The molecule has 24 heavy (non-hydrogen) atoms. The molecule has 0 unspecified atom stereocenters. The van der Waals surface area contributed by atoms with Crippen LogP contribution in [0.5, 0.6) is 0 Å². The molecule has 0 spiro atoms. The van der Waals surface area contributed by atoms with Crippen LogP contribution >= 0.6 is 11.6 Å². The Morgan fingerprint density at radius 3 is 2.29 bits per heavy atom. The smallest absolute Gasteiger partial charge is 0.255 e. The largest absolute Gasteiger partial charge is 0.322 e. The Balaban J connectivity index is 2.39. The zero-order valence-corrected chi connectivity index (χ0v) is 15.6. The van der Waals surface area contributed by atoms with E-state index < -0.39 is 9.84 Å². The Morgan fingerprint density at radius 1 is 1.08 bits per heavy atom. The van der Waals surface area contributed by atoms with E-state index in [1.807, 2.05) is 24.3 Å². The lowest BCUT2D eigenvalue weighted by atomic mass is 9.86. The van der Waals surface area contributed by atoms with E-state index in [1.165, 1.54) is 18.2 Å². The van der Waals surface area contributed by atoms with Crippen molar-refractivity contribution in [3.63, 3.8) is 0 Å². The molecule has 6 heteroatoms. The Morgan fingerprint density at radius 2 is 1.71 bits per heavy atom. The average molecular weight is 366 g/mol. The number of para-hydroxylation sites is 1. The summed E-state index contributed by atoms with van der Waals surface area (Å²) in [6.45, 7) is 6.17. The number of halogens is 1. The Labute approximate surface area is 147 Å². The second kappa shape index (κ2) is 6.57. The number of rotatable bonds is 3. The summed E-state index contributed by atoms with van der Waals surface area (Å²) in [6, 6.07) is 11.8. The van der Waals surface area contributed by atoms with Crippen molar-refractivity contribution in [1.29, 1.82) is 0 Å². The van der Waals surface area contributed by atoms with Gasteiger partial charge in [-0.1, -0.05) is 50.6 Å². The quantitative estimate of drug-likeness (QED) is 0.882. The molecule has 2 rings (SSSR count). The van der Waals surface area contributed by atoms with Crippen LogP contribution < -0.4 is 5.32 Å². The van der Waals surface area contributed by atoms with Crippen molar-refractivity contribution in [3.8, 4) is 0 Å². The molecule has 0 radical (unpaired) electrons. The molecule has 0 aliphatic carbocycles. The minimum absolute atomic E-state index is 0.0547. The highest BCUT2D eigenvalue weighted by atomic mass is 35.5. The highest BCUT2D eigenvalue weighted by Crippen LogP contribution is 2.30. The molecule has 0 fully saturated rings. The van der Waals surface area contributed by atoms with Gasteiger partial charge >= 0.3 is 0 Å². The number of nitrogens with one attached hydrogen (secondary N) is 1. The molecule has 128 valence electrons. The fourth-order valence-electron chi connectivity index (χ4n) is 2.37. The predicted molar refractivity (Wildman–Crippen MR) is 97.7 cm³/mol. The maximum Gasteiger partial charge on any atom is 0.255 e. The molecule has 0 bridgehead atoms. The van der Waals surface area contributed by atoms with Crippen molar-refractivity contribution in [2.75, 3.05) is 11.6 Å². The highest BCUT2D eigenvalue weighted by molar-refractivity contribution is 7.90. The van der Waals surface area contributed by atoms with Crippen LogP contribution in [0.25, 0.3) is 0 Å². The first kappa shape index (κ1) is 18.5. The molecule has 0 atom stereocenters.